The molecular weight excluding hydrogens is 270 g/mol. The van der Waals surface area contributed by atoms with E-state index in [0.717, 1.165) is 11.4 Å². The van der Waals surface area contributed by atoms with E-state index in [2.05, 4.69) is 15.6 Å². The molecule has 0 fully saturated rings. The maximum absolute atomic E-state index is 10.9. The molecule has 0 atom stereocenters. The molecule has 0 spiro atoms. The number of hydrogen-bond donors (Lipinski definition) is 3. The van der Waals surface area contributed by atoms with Gasteiger partial charge in [-0.25, -0.2) is 9.78 Å². The lowest BCUT2D eigenvalue weighted by molar-refractivity contribution is -0.114. The van der Waals surface area contributed by atoms with E-state index in [4.69, 9.17) is 5.11 Å². The molecule has 0 unspecified atom stereocenters. The third-order valence-corrected chi connectivity index (χ3v) is 2.70. The number of rotatable bonds is 5. The highest BCUT2D eigenvalue weighted by Crippen LogP contribution is 2.14. The summed E-state index contributed by atoms with van der Waals surface area (Å²) in [6, 6.07) is 12.1. The topological polar surface area (TPSA) is 91.3 Å². The predicted octanol–water partition coefficient (Wildman–Crippen LogP) is 2.35. The molecule has 0 radical (unpaired) electrons. The van der Waals surface area contributed by atoms with E-state index in [1.165, 1.54) is 13.0 Å². The summed E-state index contributed by atoms with van der Waals surface area (Å²) >= 11 is 0. The summed E-state index contributed by atoms with van der Waals surface area (Å²) in [4.78, 5) is 25.8. The van der Waals surface area contributed by atoms with Gasteiger partial charge in [0, 0.05) is 18.3 Å². The van der Waals surface area contributed by atoms with Gasteiger partial charge in [-0.15, -0.1) is 0 Å². The van der Waals surface area contributed by atoms with Crippen LogP contribution in [0.1, 0.15) is 23.1 Å². The fraction of sp³-hybridized carbons (Fsp3) is 0.133. The van der Waals surface area contributed by atoms with Crippen LogP contribution in [0.5, 0.6) is 0 Å². The van der Waals surface area contributed by atoms with Gasteiger partial charge < -0.3 is 15.7 Å². The summed E-state index contributed by atoms with van der Waals surface area (Å²) in [5, 5.41) is 14.7. The second-order valence-electron chi connectivity index (χ2n) is 4.43. The first-order chi connectivity index (χ1) is 10.0. The molecule has 0 saturated carbocycles. The summed E-state index contributed by atoms with van der Waals surface area (Å²) in [7, 11) is 0. The van der Waals surface area contributed by atoms with Crippen molar-refractivity contribution in [3.63, 3.8) is 0 Å². The summed E-state index contributed by atoms with van der Waals surface area (Å²) < 4.78 is 0. The Morgan fingerprint density at radius 3 is 2.38 bits per heavy atom. The highest BCUT2D eigenvalue weighted by Gasteiger charge is 2.05. The van der Waals surface area contributed by atoms with Crippen LogP contribution in [0, 0.1) is 0 Å². The minimum atomic E-state index is -1.04. The van der Waals surface area contributed by atoms with Crippen molar-refractivity contribution in [2.45, 2.75) is 13.5 Å². The molecule has 6 heteroatoms. The molecule has 1 aromatic carbocycles. The molecule has 3 N–H and O–H groups in total. The van der Waals surface area contributed by atoms with Crippen LogP contribution in [-0.2, 0) is 11.3 Å². The second-order valence-corrected chi connectivity index (χ2v) is 4.43. The first-order valence-electron chi connectivity index (χ1n) is 6.35. The zero-order valence-corrected chi connectivity index (χ0v) is 11.5. The van der Waals surface area contributed by atoms with E-state index in [-0.39, 0.29) is 11.6 Å². The standard InChI is InChI=1S/C15H15N3O3/c1-10(19)17-12-7-5-11(6-8-12)16-9-13-3-2-4-14(18-13)15(20)21/h2-8,16H,9H2,1H3,(H,17,19)(H,20,21). The van der Waals surface area contributed by atoms with Gasteiger partial charge in [-0.1, -0.05) is 6.07 Å². The summed E-state index contributed by atoms with van der Waals surface area (Å²) in [6.07, 6.45) is 0. The van der Waals surface area contributed by atoms with E-state index in [9.17, 15) is 9.59 Å². The molecule has 1 amide bonds. The van der Waals surface area contributed by atoms with E-state index in [0.29, 0.717) is 12.2 Å². The molecule has 0 aliphatic carbocycles. The number of carboxylic acid groups (broad SMARTS) is 1. The Bertz CT molecular complexity index is 653. The average Bonchev–Trinajstić information content (AvgIpc) is 2.46. The van der Waals surface area contributed by atoms with E-state index >= 15 is 0 Å². The van der Waals surface area contributed by atoms with Gasteiger partial charge in [0.15, 0.2) is 0 Å². The number of carboxylic acids is 1. The van der Waals surface area contributed by atoms with Crippen LogP contribution >= 0.6 is 0 Å². The molecule has 108 valence electrons. The number of pyridine rings is 1. The molecule has 6 nitrogen and oxygen atoms in total. The predicted molar refractivity (Wildman–Crippen MR) is 79.3 cm³/mol. The SMILES string of the molecule is CC(=O)Nc1ccc(NCc2cccc(C(=O)O)n2)cc1. The lowest BCUT2D eigenvalue weighted by Gasteiger charge is -2.08. The molecule has 2 rings (SSSR count). The minimum absolute atomic E-state index is 0.0234. The van der Waals surface area contributed by atoms with Crippen LogP contribution in [0.3, 0.4) is 0 Å². The lowest BCUT2D eigenvalue weighted by atomic mass is 10.2. The zero-order chi connectivity index (χ0) is 15.2. The van der Waals surface area contributed by atoms with Crippen LogP contribution in [0.25, 0.3) is 0 Å². The first-order valence-corrected chi connectivity index (χ1v) is 6.35. The molecule has 1 heterocycles. The van der Waals surface area contributed by atoms with Gasteiger partial charge in [0.25, 0.3) is 0 Å². The van der Waals surface area contributed by atoms with Gasteiger partial charge in [-0.2, -0.15) is 0 Å². The number of carbonyl (C=O) groups excluding carboxylic acids is 1. The van der Waals surface area contributed by atoms with Crippen molar-refractivity contribution in [1.82, 2.24) is 4.98 Å². The van der Waals surface area contributed by atoms with Gasteiger partial charge in [0.1, 0.15) is 5.69 Å². The molecule has 21 heavy (non-hydrogen) atoms. The van der Waals surface area contributed by atoms with Crippen molar-refractivity contribution in [2.75, 3.05) is 10.6 Å². The Hall–Kier alpha value is -2.89. The number of hydrogen-bond acceptors (Lipinski definition) is 4. The number of aromatic nitrogens is 1. The fourth-order valence-electron chi connectivity index (χ4n) is 1.76. The van der Waals surface area contributed by atoms with Crippen molar-refractivity contribution >= 4 is 23.3 Å². The Balaban J connectivity index is 1.98. The summed E-state index contributed by atoms with van der Waals surface area (Å²) in [6.45, 7) is 1.87. The smallest absolute Gasteiger partial charge is 0.354 e. The highest BCUT2D eigenvalue weighted by molar-refractivity contribution is 5.88. The Labute approximate surface area is 121 Å². The zero-order valence-electron chi connectivity index (χ0n) is 11.5. The fourth-order valence-corrected chi connectivity index (χ4v) is 1.76. The quantitative estimate of drug-likeness (QED) is 0.784. The Morgan fingerprint density at radius 1 is 1.10 bits per heavy atom. The molecule has 0 bridgehead atoms. The number of nitrogens with one attached hydrogen (secondary N) is 2. The minimum Gasteiger partial charge on any atom is -0.477 e. The van der Waals surface area contributed by atoms with E-state index < -0.39 is 5.97 Å². The Kier molecular flexibility index (Phi) is 4.50. The van der Waals surface area contributed by atoms with Crippen molar-refractivity contribution < 1.29 is 14.7 Å². The maximum atomic E-state index is 10.9. The number of carbonyl (C=O) groups is 2. The molecule has 0 aliphatic rings. The number of anilines is 2. The monoisotopic (exact) mass is 285 g/mol. The molecule has 0 aliphatic heterocycles. The molecular formula is C15H15N3O3. The van der Waals surface area contributed by atoms with Gasteiger partial charge in [0.2, 0.25) is 5.91 Å². The Morgan fingerprint density at radius 2 is 1.76 bits per heavy atom. The van der Waals surface area contributed by atoms with Crippen molar-refractivity contribution in [2.24, 2.45) is 0 Å². The largest absolute Gasteiger partial charge is 0.477 e. The van der Waals surface area contributed by atoms with Crippen LogP contribution in [0.4, 0.5) is 11.4 Å². The number of aromatic carboxylic acids is 1. The third-order valence-electron chi connectivity index (χ3n) is 2.70. The molecule has 1 aromatic heterocycles. The van der Waals surface area contributed by atoms with Crippen molar-refractivity contribution in [3.05, 3.63) is 53.9 Å². The third kappa shape index (κ3) is 4.31. The number of nitrogens with zero attached hydrogens (tertiary/aromatic N) is 1. The lowest BCUT2D eigenvalue weighted by Crippen LogP contribution is -2.07. The van der Waals surface area contributed by atoms with E-state index in [1.807, 2.05) is 12.1 Å². The average molecular weight is 285 g/mol. The van der Waals surface area contributed by atoms with Crippen molar-refractivity contribution in [1.29, 1.82) is 0 Å². The van der Waals surface area contributed by atoms with Crippen LogP contribution in [-0.4, -0.2) is 22.0 Å². The van der Waals surface area contributed by atoms with Crippen LogP contribution < -0.4 is 10.6 Å². The first kappa shape index (κ1) is 14.5. The van der Waals surface area contributed by atoms with Gasteiger partial charge in [-0.3, -0.25) is 4.79 Å². The maximum Gasteiger partial charge on any atom is 0.354 e. The van der Waals surface area contributed by atoms with Gasteiger partial charge in [0.05, 0.1) is 12.2 Å². The molecule has 0 saturated heterocycles. The second kappa shape index (κ2) is 6.51. The van der Waals surface area contributed by atoms with Gasteiger partial charge in [-0.05, 0) is 36.4 Å². The summed E-state index contributed by atoms with van der Waals surface area (Å²) in [5.41, 5.74) is 2.24. The highest BCUT2D eigenvalue weighted by atomic mass is 16.4. The normalized spacial score (nSPS) is 9.95. The van der Waals surface area contributed by atoms with Gasteiger partial charge >= 0.3 is 5.97 Å². The molecule has 2 aromatic rings. The van der Waals surface area contributed by atoms with E-state index in [1.54, 1.807) is 24.3 Å². The summed E-state index contributed by atoms with van der Waals surface area (Å²) in [5.74, 6) is -1.16. The van der Waals surface area contributed by atoms with Crippen LogP contribution in [0.15, 0.2) is 42.5 Å². The van der Waals surface area contributed by atoms with Crippen molar-refractivity contribution in [3.8, 4) is 0 Å². The van der Waals surface area contributed by atoms with Crippen LogP contribution in [0.2, 0.25) is 0 Å². The number of benzene rings is 1. The number of amides is 1.